The second kappa shape index (κ2) is 8.64. The summed E-state index contributed by atoms with van der Waals surface area (Å²) in [6, 6.07) is 14.3. The highest BCUT2D eigenvalue weighted by molar-refractivity contribution is 8.01. The monoisotopic (exact) mass is 415 g/mol. The molecule has 1 aromatic carbocycles. The van der Waals surface area contributed by atoms with Gasteiger partial charge < -0.3 is 9.73 Å². The lowest BCUT2D eigenvalue weighted by Gasteiger charge is -2.02. The molecule has 6 nitrogen and oxygen atoms in total. The fourth-order valence-corrected chi connectivity index (χ4v) is 4.98. The molecule has 0 saturated carbocycles. The average molecular weight is 416 g/mol. The minimum absolute atomic E-state index is 0.0105. The van der Waals surface area contributed by atoms with Crippen LogP contribution in [0.3, 0.4) is 0 Å². The van der Waals surface area contributed by atoms with E-state index in [4.69, 9.17) is 4.42 Å². The van der Waals surface area contributed by atoms with Crippen molar-refractivity contribution in [3.8, 4) is 10.8 Å². The molecule has 9 heteroatoms. The van der Waals surface area contributed by atoms with Crippen molar-refractivity contribution in [3.63, 3.8) is 0 Å². The van der Waals surface area contributed by atoms with Crippen LogP contribution >= 0.6 is 34.4 Å². The Balaban J connectivity index is 1.31. The van der Waals surface area contributed by atoms with Crippen LogP contribution in [-0.2, 0) is 6.42 Å². The maximum absolute atomic E-state index is 5.79. The summed E-state index contributed by atoms with van der Waals surface area (Å²) in [5.41, 5.74) is 1.30. The molecule has 27 heavy (non-hydrogen) atoms. The van der Waals surface area contributed by atoms with Gasteiger partial charge in [-0.05, 0) is 30.4 Å². The van der Waals surface area contributed by atoms with Crippen LogP contribution in [0.15, 0.2) is 56.6 Å². The first-order valence-electron chi connectivity index (χ1n) is 8.43. The van der Waals surface area contributed by atoms with Crippen LogP contribution in [0.1, 0.15) is 23.6 Å². The van der Waals surface area contributed by atoms with Gasteiger partial charge in [-0.1, -0.05) is 59.5 Å². The first-order chi connectivity index (χ1) is 13.3. The van der Waals surface area contributed by atoms with E-state index in [0.29, 0.717) is 11.8 Å². The van der Waals surface area contributed by atoms with Crippen LogP contribution in [0.4, 0.5) is 5.13 Å². The molecule has 3 aromatic heterocycles. The van der Waals surface area contributed by atoms with Crippen molar-refractivity contribution in [1.29, 1.82) is 0 Å². The molecule has 0 bridgehead atoms. The minimum Gasteiger partial charge on any atom is -0.419 e. The van der Waals surface area contributed by atoms with Crippen molar-refractivity contribution in [2.45, 2.75) is 22.9 Å². The van der Waals surface area contributed by atoms with E-state index in [0.717, 1.165) is 27.3 Å². The minimum atomic E-state index is 0.0105. The van der Waals surface area contributed by atoms with E-state index in [2.05, 4.69) is 50.0 Å². The number of rotatable bonds is 8. The van der Waals surface area contributed by atoms with Crippen LogP contribution in [0.2, 0.25) is 0 Å². The van der Waals surface area contributed by atoms with Gasteiger partial charge in [0.15, 0.2) is 4.34 Å². The van der Waals surface area contributed by atoms with E-state index < -0.39 is 0 Å². The normalized spacial score (nSPS) is 12.2. The average Bonchev–Trinajstić information content (AvgIpc) is 3.44. The Morgan fingerprint density at radius 1 is 1.07 bits per heavy atom. The fourth-order valence-electron chi connectivity index (χ4n) is 2.39. The van der Waals surface area contributed by atoms with Crippen molar-refractivity contribution in [2.75, 3.05) is 11.9 Å². The first kappa shape index (κ1) is 18.1. The van der Waals surface area contributed by atoms with Gasteiger partial charge in [0.1, 0.15) is 0 Å². The van der Waals surface area contributed by atoms with Crippen molar-refractivity contribution in [3.05, 3.63) is 59.3 Å². The number of nitrogens with one attached hydrogen (secondary N) is 1. The standard InChI is InChI=1S/C18H17N5OS3/c1-12(15-20-21-16(24-15)14-8-5-11-25-14)26-18-23-22-17(27-18)19-10-9-13-6-3-2-4-7-13/h2-8,11-12H,9-10H2,1H3,(H,19,22). The number of hydrogen-bond acceptors (Lipinski definition) is 9. The van der Waals surface area contributed by atoms with Crippen LogP contribution < -0.4 is 5.32 Å². The van der Waals surface area contributed by atoms with E-state index in [1.807, 2.05) is 30.5 Å². The molecule has 1 unspecified atom stereocenters. The van der Waals surface area contributed by atoms with E-state index >= 15 is 0 Å². The summed E-state index contributed by atoms with van der Waals surface area (Å²) in [6.07, 6.45) is 0.951. The quantitative estimate of drug-likeness (QED) is 0.398. The van der Waals surface area contributed by atoms with Crippen molar-refractivity contribution >= 4 is 39.6 Å². The largest absolute Gasteiger partial charge is 0.419 e. The number of nitrogens with zero attached hydrogens (tertiary/aromatic N) is 4. The van der Waals surface area contributed by atoms with Crippen LogP contribution in [0.25, 0.3) is 10.8 Å². The molecule has 0 amide bonds. The third-order valence-electron chi connectivity index (χ3n) is 3.74. The summed E-state index contributed by atoms with van der Waals surface area (Å²) in [5.74, 6) is 1.16. The number of thioether (sulfide) groups is 1. The predicted octanol–water partition coefficient (Wildman–Crippen LogP) is 5.16. The van der Waals surface area contributed by atoms with Gasteiger partial charge in [-0.3, -0.25) is 0 Å². The molecule has 0 aliphatic heterocycles. The van der Waals surface area contributed by atoms with Gasteiger partial charge in [0.25, 0.3) is 5.89 Å². The van der Waals surface area contributed by atoms with Gasteiger partial charge in [0.05, 0.1) is 10.1 Å². The summed E-state index contributed by atoms with van der Waals surface area (Å²) in [6.45, 7) is 2.85. The highest BCUT2D eigenvalue weighted by Crippen LogP contribution is 2.37. The number of anilines is 1. The maximum atomic E-state index is 5.79. The van der Waals surface area contributed by atoms with Gasteiger partial charge in [0.2, 0.25) is 11.0 Å². The van der Waals surface area contributed by atoms with Crippen molar-refractivity contribution in [1.82, 2.24) is 20.4 Å². The van der Waals surface area contributed by atoms with Crippen LogP contribution in [-0.4, -0.2) is 26.9 Å². The molecule has 0 aliphatic rings. The van der Waals surface area contributed by atoms with Gasteiger partial charge in [-0.15, -0.1) is 31.7 Å². The number of hydrogen-bond donors (Lipinski definition) is 1. The molecule has 3 heterocycles. The Morgan fingerprint density at radius 2 is 1.96 bits per heavy atom. The molecule has 138 valence electrons. The second-order valence-corrected chi connectivity index (χ2v) is 9.23. The predicted molar refractivity (Wildman–Crippen MR) is 110 cm³/mol. The highest BCUT2D eigenvalue weighted by Gasteiger charge is 2.18. The molecule has 4 aromatic rings. The third-order valence-corrected chi connectivity index (χ3v) is 6.65. The lowest BCUT2D eigenvalue weighted by atomic mass is 10.2. The van der Waals surface area contributed by atoms with Crippen molar-refractivity contribution < 1.29 is 4.42 Å². The molecule has 0 aliphatic carbocycles. The molecular formula is C18H17N5OS3. The molecule has 1 N–H and O–H groups in total. The lowest BCUT2D eigenvalue weighted by molar-refractivity contribution is 0.510. The molecule has 0 spiro atoms. The van der Waals surface area contributed by atoms with E-state index in [9.17, 15) is 0 Å². The van der Waals surface area contributed by atoms with E-state index in [1.165, 1.54) is 16.9 Å². The summed E-state index contributed by atoms with van der Waals surface area (Å²) < 4.78 is 6.67. The zero-order chi connectivity index (χ0) is 18.5. The van der Waals surface area contributed by atoms with Crippen LogP contribution in [0, 0.1) is 0 Å². The number of thiophene rings is 1. The summed E-state index contributed by atoms with van der Waals surface area (Å²) in [4.78, 5) is 0.978. The molecule has 0 radical (unpaired) electrons. The SMILES string of the molecule is CC(Sc1nnc(NCCc2ccccc2)s1)c1nnc(-c2cccs2)o1. The van der Waals surface area contributed by atoms with Gasteiger partial charge in [-0.2, -0.15) is 0 Å². The maximum Gasteiger partial charge on any atom is 0.257 e. The Hall–Kier alpha value is -2.23. The molecular weight excluding hydrogens is 398 g/mol. The van der Waals surface area contributed by atoms with E-state index in [1.54, 1.807) is 23.1 Å². The molecule has 0 saturated heterocycles. The van der Waals surface area contributed by atoms with E-state index in [-0.39, 0.29) is 5.25 Å². The number of benzene rings is 1. The fraction of sp³-hybridized carbons (Fsp3) is 0.222. The Bertz CT molecular complexity index is 968. The van der Waals surface area contributed by atoms with Crippen molar-refractivity contribution in [2.24, 2.45) is 0 Å². The zero-order valence-corrected chi connectivity index (χ0v) is 17.0. The third kappa shape index (κ3) is 4.74. The highest BCUT2D eigenvalue weighted by atomic mass is 32.2. The Morgan fingerprint density at radius 3 is 2.78 bits per heavy atom. The summed E-state index contributed by atoms with van der Waals surface area (Å²) >= 11 is 4.69. The topological polar surface area (TPSA) is 76.7 Å². The second-order valence-electron chi connectivity index (χ2n) is 5.72. The first-order valence-corrected chi connectivity index (χ1v) is 11.0. The van der Waals surface area contributed by atoms with Gasteiger partial charge in [0, 0.05) is 6.54 Å². The Labute approximate surface area is 169 Å². The lowest BCUT2D eigenvalue weighted by Crippen LogP contribution is -2.04. The molecule has 0 fully saturated rings. The van der Waals surface area contributed by atoms with Crippen LogP contribution in [0.5, 0.6) is 0 Å². The van der Waals surface area contributed by atoms with Gasteiger partial charge in [-0.25, -0.2) is 0 Å². The molecule has 4 rings (SSSR count). The zero-order valence-electron chi connectivity index (χ0n) is 14.5. The number of aromatic nitrogens is 4. The smallest absolute Gasteiger partial charge is 0.257 e. The Kier molecular flexibility index (Phi) is 5.81. The molecule has 1 atom stereocenters. The summed E-state index contributed by atoms with van der Waals surface area (Å²) in [5, 5.41) is 22.9. The van der Waals surface area contributed by atoms with Gasteiger partial charge >= 0.3 is 0 Å². The summed E-state index contributed by atoms with van der Waals surface area (Å²) in [7, 11) is 0.